The Morgan fingerprint density at radius 2 is 2.29 bits per heavy atom. The van der Waals surface area contributed by atoms with Crippen molar-refractivity contribution in [3.8, 4) is 0 Å². The first-order valence-corrected chi connectivity index (χ1v) is 5.13. The van der Waals surface area contributed by atoms with Gasteiger partial charge in [0.2, 0.25) is 0 Å². The van der Waals surface area contributed by atoms with Crippen LogP contribution in [0.15, 0.2) is 24.5 Å². The van der Waals surface area contributed by atoms with E-state index in [0.29, 0.717) is 18.6 Å². The normalized spacial score (nSPS) is 23.6. The van der Waals surface area contributed by atoms with E-state index in [9.17, 15) is 0 Å². The summed E-state index contributed by atoms with van der Waals surface area (Å²) in [5.41, 5.74) is 7.03. The molecular weight excluding hydrogens is 176 g/mol. The highest BCUT2D eigenvalue weighted by atomic mass is 16.5. The summed E-state index contributed by atoms with van der Waals surface area (Å²) in [6.45, 7) is 1.53. The molecule has 0 radical (unpaired) electrons. The molecule has 0 spiro atoms. The zero-order valence-electron chi connectivity index (χ0n) is 8.23. The lowest BCUT2D eigenvalue weighted by Gasteiger charge is -2.21. The van der Waals surface area contributed by atoms with Gasteiger partial charge in [-0.05, 0) is 30.5 Å². The largest absolute Gasteiger partial charge is 0.378 e. The fraction of sp³-hybridized carbons (Fsp3) is 0.545. The molecule has 2 unspecified atom stereocenters. The lowest BCUT2D eigenvalue weighted by molar-refractivity contribution is 0.0905. The third-order valence-corrected chi connectivity index (χ3v) is 2.80. The highest BCUT2D eigenvalue weighted by Crippen LogP contribution is 2.27. The molecule has 0 bridgehead atoms. The summed E-state index contributed by atoms with van der Waals surface area (Å²) in [7, 11) is 0. The number of aromatic nitrogens is 1. The summed E-state index contributed by atoms with van der Waals surface area (Å²) in [4.78, 5) is 4.01. The van der Waals surface area contributed by atoms with Crippen molar-refractivity contribution in [2.75, 3.05) is 13.2 Å². The molecule has 2 heterocycles. The molecule has 2 N–H and O–H groups in total. The molecule has 1 aromatic heterocycles. The fourth-order valence-electron chi connectivity index (χ4n) is 2.03. The Labute approximate surface area is 84.3 Å². The highest BCUT2D eigenvalue weighted by molar-refractivity contribution is 5.18. The highest BCUT2D eigenvalue weighted by Gasteiger charge is 2.25. The number of nitrogens with two attached hydrogens (primary N) is 1. The summed E-state index contributed by atoms with van der Waals surface area (Å²) >= 11 is 0. The average molecular weight is 192 g/mol. The molecule has 2 rings (SSSR count). The van der Waals surface area contributed by atoms with Gasteiger partial charge in [0.15, 0.2) is 0 Å². The van der Waals surface area contributed by atoms with Crippen LogP contribution in [0.2, 0.25) is 0 Å². The summed E-state index contributed by atoms with van der Waals surface area (Å²) in [6, 6.07) is 4.05. The van der Waals surface area contributed by atoms with Crippen LogP contribution in [0.3, 0.4) is 0 Å². The van der Waals surface area contributed by atoms with Crippen molar-refractivity contribution >= 4 is 0 Å². The second kappa shape index (κ2) is 4.53. The van der Waals surface area contributed by atoms with Gasteiger partial charge in [0, 0.05) is 31.5 Å². The van der Waals surface area contributed by atoms with E-state index in [1.165, 1.54) is 5.56 Å². The first-order valence-electron chi connectivity index (χ1n) is 5.13. The quantitative estimate of drug-likeness (QED) is 0.785. The number of pyridine rings is 1. The summed E-state index contributed by atoms with van der Waals surface area (Å²) in [5.74, 6) is 0.334. The van der Waals surface area contributed by atoms with E-state index >= 15 is 0 Å². The summed E-state index contributed by atoms with van der Waals surface area (Å²) in [5, 5.41) is 0. The average Bonchev–Trinajstić information content (AvgIpc) is 2.74. The minimum Gasteiger partial charge on any atom is -0.378 e. The van der Waals surface area contributed by atoms with E-state index in [2.05, 4.69) is 4.98 Å². The van der Waals surface area contributed by atoms with Crippen molar-refractivity contribution in [2.45, 2.75) is 24.9 Å². The molecule has 2 atom stereocenters. The van der Waals surface area contributed by atoms with Crippen LogP contribution < -0.4 is 5.73 Å². The van der Waals surface area contributed by atoms with Gasteiger partial charge in [0.05, 0.1) is 6.10 Å². The van der Waals surface area contributed by atoms with Gasteiger partial charge in [0.1, 0.15) is 0 Å². The van der Waals surface area contributed by atoms with Crippen molar-refractivity contribution in [3.63, 3.8) is 0 Å². The van der Waals surface area contributed by atoms with Crippen molar-refractivity contribution in [1.29, 1.82) is 0 Å². The molecule has 0 aliphatic carbocycles. The molecule has 1 aromatic rings. The second-order valence-corrected chi connectivity index (χ2v) is 3.67. The molecule has 1 fully saturated rings. The fourth-order valence-corrected chi connectivity index (χ4v) is 2.03. The maximum Gasteiger partial charge on any atom is 0.0656 e. The molecule has 1 aliphatic rings. The topological polar surface area (TPSA) is 48.1 Å². The Hall–Kier alpha value is -0.930. The van der Waals surface area contributed by atoms with Crippen LogP contribution >= 0.6 is 0 Å². The molecular formula is C11H16N2O. The Morgan fingerprint density at radius 3 is 2.86 bits per heavy atom. The molecule has 14 heavy (non-hydrogen) atoms. The van der Waals surface area contributed by atoms with Gasteiger partial charge in [-0.1, -0.05) is 0 Å². The molecule has 0 amide bonds. The zero-order chi connectivity index (χ0) is 9.80. The van der Waals surface area contributed by atoms with Crippen LogP contribution in [0, 0.1) is 0 Å². The molecule has 3 heteroatoms. The molecule has 1 aliphatic heterocycles. The Kier molecular flexibility index (Phi) is 3.11. The third kappa shape index (κ3) is 1.94. The predicted octanol–water partition coefficient (Wildman–Crippen LogP) is 1.30. The van der Waals surface area contributed by atoms with Crippen LogP contribution in [-0.4, -0.2) is 24.2 Å². The third-order valence-electron chi connectivity index (χ3n) is 2.80. The van der Waals surface area contributed by atoms with Gasteiger partial charge < -0.3 is 10.5 Å². The van der Waals surface area contributed by atoms with Gasteiger partial charge in [0.25, 0.3) is 0 Å². The lowest BCUT2D eigenvalue weighted by Crippen LogP contribution is -2.25. The van der Waals surface area contributed by atoms with Gasteiger partial charge in [-0.2, -0.15) is 0 Å². The number of hydrogen-bond donors (Lipinski definition) is 1. The van der Waals surface area contributed by atoms with E-state index < -0.39 is 0 Å². The standard InChI is InChI=1S/C11H16N2O/c12-8-10(11-2-1-7-14-11)9-3-5-13-6-4-9/h3-6,10-11H,1-2,7-8,12H2. The van der Waals surface area contributed by atoms with Crippen LogP contribution in [0.4, 0.5) is 0 Å². The first kappa shape index (κ1) is 9.62. The van der Waals surface area contributed by atoms with E-state index in [1.807, 2.05) is 24.5 Å². The molecule has 1 saturated heterocycles. The van der Waals surface area contributed by atoms with E-state index in [1.54, 1.807) is 0 Å². The molecule has 76 valence electrons. The minimum atomic E-state index is 0.308. The second-order valence-electron chi connectivity index (χ2n) is 3.67. The van der Waals surface area contributed by atoms with Gasteiger partial charge in [-0.3, -0.25) is 4.98 Å². The smallest absolute Gasteiger partial charge is 0.0656 e. The minimum absolute atomic E-state index is 0.308. The van der Waals surface area contributed by atoms with E-state index in [0.717, 1.165) is 19.4 Å². The number of ether oxygens (including phenoxy) is 1. The number of rotatable bonds is 3. The first-order chi connectivity index (χ1) is 6.92. The van der Waals surface area contributed by atoms with E-state index in [-0.39, 0.29) is 0 Å². The molecule has 3 nitrogen and oxygen atoms in total. The lowest BCUT2D eigenvalue weighted by atomic mass is 9.93. The maximum absolute atomic E-state index is 5.78. The van der Waals surface area contributed by atoms with E-state index in [4.69, 9.17) is 10.5 Å². The summed E-state index contributed by atoms with van der Waals surface area (Å²) < 4.78 is 5.66. The maximum atomic E-state index is 5.78. The van der Waals surface area contributed by atoms with Crippen molar-refractivity contribution in [2.24, 2.45) is 5.73 Å². The van der Waals surface area contributed by atoms with Crippen LogP contribution in [0.1, 0.15) is 24.3 Å². The zero-order valence-corrected chi connectivity index (χ0v) is 8.23. The molecule has 0 aromatic carbocycles. The number of hydrogen-bond acceptors (Lipinski definition) is 3. The number of nitrogens with zero attached hydrogens (tertiary/aromatic N) is 1. The molecule has 0 saturated carbocycles. The van der Waals surface area contributed by atoms with Crippen molar-refractivity contribution in [3.05, 3.63) is 30.1 Å². The van der Waals surface area contributed by atoms with Gasteiger partial charge in [-0.25, -0.2) is 0 Å². The van der Waals surface area contributed by atoms with Gasteiger partial charge in [-0.15, -0.1) is 0 Å². The van der Waals surface area contributed by atoms with Crippen molar-refractivity contribution < 1.29 is 4.74 Å². The Balaban J connectivity index is 2.12. The predicted molar refractivity (Wildman–Crippen MR) is 55.0 cm³/mol. The van der Waals surface area contributed by atoms with Crippen LogP contribution in [0.5, 0.6) is 0 Å². The van der Waals surface area contributed by atoms with Crippen LogP contribution in [0.25, 0.3) is 0 Å². The summed E-state index contributed by atoms with van der Waals surface area (Å²) in [6.07, 6.45) is 6.22. The SMILES string of the molecule is NCC(c1ccncc1)C1CCCO1. The van der Waals surface area contributed by atoms with Crippen LogP contribution in [-0.2, 0) is 4.74 Å². The Morgan fingerprint density at radius 1 is 1.50 bits per heavy atom. The Bertz CT molecular complexity index is 270. The van der Waals surface area contributed by atoms with Gasteiger partial charge >= 0.3 is 0 Å². The monoisotopic (exact) mass is 192 g/mol. The van der Waals surface area contributed by atoms with Crippen molar-refractivity contribution in [1.82, 2.24) is 4.98 Å².